The van der Waals surface area contributed by atoms with Gasteiger partial charge < -0.3 is 19.7 Å². The third-order valence-electron chi connectivity index (χ3n) is 6.51. The molecule has 1 saturated heterocycles. The Labute approximate surface area is 151 Å². The lowest BCUT2D eigenvalue weighted by atomic mass is 9.80. The summed E-state index contributed by atoms with van der Waals surface area (Å²) in [6, 6.07) is 5.16. The first-order valence-electron chi connectivity index (χ1n) is 9.36. The average Bonchev–Trinajstić information content (AvgIpc) is 3.32. The quantitative estimate of drug-likeness (QED) is 0.869. The number of carboxylic acids is 1. The molecule has 0 radical (unpaired) electrons. The molecule has 3 heterocycles. The van der Waals surface area contributed by atoms with Crippen LogP contribution < -0.4 is 0 Å². The van der Waals surface area contributed by atoms with E-state index in [1.165, 1.54) is 0 Å². The van der Waals surface area contributed by atoms with Crippen molar-refractivity contribution in [2.75, 3.05) is 13.2 Å². The largest absolute Gasteiger partial charge is 0.478 e. The molecule has 2 fully saturated rings. The number of aromatic nitrogens is 1. The predicted octanol–water partition coefficient (Wildman–Crippen LogP) is 2.71. The van der Waals surface area contributed by atoms with E-state index in [1.54, 1.807) is 12.1 Å². The molecule has 0 bridgehead atoms. The molecule has 1 aromatic heterocycles. The van der Waals surface area contributed by atoms with Gasteiger partial charge in [-0.1, -0.05) is 0 Å². The lowest BCUT2D eigenvalue weighted by molar-refractivity contribution is -0.145. The van der Waals surface area contributed by atoms with Crippen LogP contribution in [0, 0.1) is 5.41 Å². The molecule has 2 atom stereocenters. The van der Waals surface area contributed by atoms with Gasteiger partial charge in [-0.3, -0.25) is 4.79 Å². The van der Waals surface area contributed by atoms with Gasteiger partial charge in [0.1, 0.15) is 0 Å². The number of carbonyl (C=O) groups is 2. The molecule has 2 aliphatic heterocycles. The van der Waals surface area contributed by atoms with Gasteiger partial charge in [-0.25, -0.2) is 4.79 Å². The van der Waals surface area contributed by atoms with Crippen molar-refractivity contribution in [2.45, 2.75) is 44.8 Å². The molecule has 1 aromatic carbocycles. The van der Waals surface area contributed by atoms with E-state index in [-0.39, 0.29) is 23.0 Å². The summed E-state index contributed by atoms with van der Waals surface area (Å²) < 4.78 is 5.84. The number of fused-ring (bicyclic) bond motifs is 4. The second-order valence-electron chi connectivity index (χ2n) is 7.78. The molecule has 6 nitrogen and oxygen atoms in total. The van der Waals surface area contributed by atoms with E-state index in [2.05, 4.69) is 4.98 Å². The van der Waals surface area contributed by atoms with Crippen molar-refractivity contribution in [2.24, 2.45) is 5.41 Å². The number of carboxylic acid groups (broad SMARTS) is 1. The van der Waals surface area contributed by atoms with Crippen molar-refractivity contribution in [3.8, 4) is 0 Å². The molecule has 6 heteroatoms. The molecular weight excluding hydrogens is 332 g/mol. The number of hydrogen-bond donors (Lipinski definition) is 2. The second-order valence-corrected chi connectivity index (χ2v) is 7.78. The van der Waals surface area contributed by atoms with Crippen LogP contribution in [0.5, 0.6) is 0 Å². The zero-order chi connectivity index (χ0) is 17.9. The van der Waals surface area contributed by atoms with Gasteiger partial charge in [-0.2, -0.15) is 0 Å². The Morgan fingerprint density at radius 3 is 3.04 bits per heavy atom. The number of H-pyrrole nitrogens is 1. The van der Waals surface area contributed by atoms with E-state index in [4.69, 9.17) is 4.74 Å². The van der Waals surface area contributed by atoms with Gasteiger partial charge in [0.15, 0.2) is 0 Å². The zero-order valence-electron chi connectivity index (χ0n) is 14.6. The van der Waals surface area contributed by atoms with E-state index in [0.717, 1.165) is 54.3 Å². The molecular formula is C20H22N2O4. The molecule has 2 aromatic rings. The maximum absolute atomic E-state index is 13.4. The highest BCUT2D eigenvalue weighted by atomic mass is 16.5. The Kier molecular flexibility index (Phi) is 3.41. The first kappa shape index (κ1) is 15.9. The molecule has 5 rings (SSSR count). The van der Waals surface area contributed by atoms with Crippen LogP contribution in [-0.4, -0.2) is 46.1 Å². The summed E-state index contributed by atoms with van der Waals surface area (Å²) >= 11 is 0. The topological polar surface area (TPSA) is 82.6 Å². The molecule has 0 spiro atoms. The number of benzene rings is 1. The Balaban J connectivity index is 1.49. The van der Waals surface area contributed by atoms with E-state index in [9.17, 15) is 14.7 Å². The number of aromatic amines is 1. The van der Waals surface area contributed by atoms with Gasteiger partial charge in [0.25, 0.3) is 0 Å². The summed E-state index contributed by atoms with van der Waals surface area (Å²) in [6.07, 6.45) is 4.66. The van der Waals surface area contributed by atoms with Gasteiger partial charge in [0.2, 0.25) is 5.91 Å². The number of amides is 1. The third kappa shape index (κ3) is 2.14. The summed E-state index contributed by atoms with van der Waals surface area (Å²) in [7, 11) is 0. The molecule has 26 heavy (non-hydrogen) atoms. The van der Waals surface area contributed by atoms with Crippen LogP contribution in [0.4, 0.5) is 0 Å². The predicted molar refractivity (Wildman–Crippen MR) is 95.0 cm³/mol. The standard InChI is InChI=1S/C20H22N2O4/c23-18(24)12-3-4-15-13(10-12)14-11-22(8-5-16(14)21-15)19(25)20-6-1-2-17(20)26-9-7-20/h3-4,10,17,21H,1-2,5-9,11H2,(H,23,24)/t17-,20+/m1/s1. The molecule has 3 aliphatic rings. The maximum Gasteiger partial charge on any atom is 0.335 e. The van der Waals surface area contributed by atoms with Crippen LogP contribution >= 0.6 is 0 Å². The summed E-state index contributed by atoms with van der Waals surface area (Å²) in [6.45, 7) is 1.94. The van der Waals surface area contributed by atoms with E-state index in [0.29, 0.717) is 19.7 Å². The molecule has 1 amide bonds. The van der Waals surface area contributed by atoms with Crippen LogP contribution in [0.15, 0.2) is 18.2 Å². The Morgan fingerprint density at radius 2 is 2.19 bits per heavy atom. The van der Waals surface area contributed by atoms with Crippen molar-refractivity contribution in [3.05, 3.63) is 35.0 Å². The zero-order valence-corrected chi connectivity index (χ0v) is 14.6. The van der Waals surface area contributed by atoms with Crippen LogP contribution in [0.1, 0.15) is 47.3 Å². The third-order valence-corrected chi connectivity index (χ3v) is 6.51. The molecule has 1 aliphatic carbocycles. The number of nitrogens with zero attached hydrogens (tertiary/aromatic N) is 1. The van der Waals surface area contributed by atoms with Crippen molar-refractivity contribution in [1.29, 1.82) is 0 Å². The fourth-order valence-electron chi connectivity index (χ4n) is 5.14. The van der Waals surface area contributed by atoms with Gasteiger partial charge in [0, 0.05) is 48.3 Å². The molecule has 0 unspecified atom stereocenters. The van der Waals surface area contributed by atoms with Crippen molar-refractivity contribution < 1.29 is 19.4 Å². The summed E-state index contributed by atoms with van der Waals surface area (Å²) in [4.78, 5) is 30.1. The van der Waals surface area contributed by atoms with Gasteiger partial charge in [-0.05, 0) is 43.9 Å². The van der Waals surface area contributed by atoms with Crippen LogP contribution in [-0.2, 0) is 22.5 Å². The second kappa shape index (κ2) is 5.58. The van der Waals surface area contributed by atoms with E-state index < -0.39 is 5.97 Å². The van der Waals surface area contributed by atoms with E-state index in [1.807, 2.05) is 11.0 Å². The van der Waals surface area contributed by atoms with Gasteiger partial charge in [0.05, 0.1) is 17.1 Å². The van der Waals surface area contributed by atoms with Crippen LogP contribution in [0.2, 0.25) is 0 Å². The number of nitrogens with one attached hydrogen (secondary N) is 1. The summed E-state index contributed by atoms with van der Waals surface area (Å²) in [5.74, 6) is -0.701. The minimum absolute atomic E-state index is 0.0815. The number of carbonyl (C=O) groups excluding carboxylic acids is 1. The van der Waals surface area contributed by atoms with Crippen LogP contribution in [0.3, 0.4) is 0 Å². The smallest absolute Gasteiger partial charge is 0.335 e. The molecule has 136 valence electrons. The van der Waals surface area contributed by atoms with Crippen molar-refractivity contribution in [1.82, 2.24) is 9.88 Å². The van der Waals surface area contributed by atoms with Crippen molar-refractivity contribution >= 4 is 22.8 Å². The first-order valence-corrected chi connectivity index (χ1v) is 9.36. The number of ether oxygens (including phenoxy) is 1. The van der Waals surface area contributed by atoms with Gasteiger partial charge in [-0.15, -0.1) is 0 Å². The first-order chi connectivity index (χ1) is 12.6. The highest BCUT2D eigenvalue weighted by molar-refractivity contribution is 5.95. The highest BCUT2D eigenvalue weighted by Gasteiger charge is 2.54. The molecule has 2 N–H and O–H groups in total. The Morgan fingerprint density at radius 1 is 1.31 bits per heavy atom. The lowest BCUT2D eigenvalue weighted by Gasteiger charge is -2.36. The van der Waals surface area contributed by atoms with E-state index >= 15 is 0 Å². The normalized spacial score (nSPS) is 27.5. The van der Waals surface area contributed by atoms with Crippen molar-refractivity contribution in [3.63, 3.8) is 0 Å². The lowest BCUT2D eigenvalue weighted by Crippen LogP contribution is -2.47. The minimum Gasteiger partial charge on any atom is -0.478 e. The fraction of sp³-hybridized carbons (Fsp3) is 0.500. The fourth-order valence-corrected chi connectivity index (χ4v) is 5.14. The minimum atomic E-state index is -0.929. The number of aromatic carboxylic acids is 1. The number of rotatable bonds is 2. The monoisotopic (exact) mass is 354 g/mol. The van der Waals surface area contributed by atoms with Crippen LogP contribution in [0.25, 0.3) is 10.9 Å². The SMILES string of the molecule is O=C(O)c1ccc2[nH]c3c(c2c1)CN(C(=O)[C@]12CCC[C@H]1OCC2)CC3. The molecule has 1 saturated carbocycles. The Bertz CT molecular complexity index is 906. The Hall–Kier alpha value is -2.34. The average molecular weight is 354 g/mol. The summed E-state index contributed by atoms with van der Waals surface area (Å²) in [5.41, 5.74) is 3.08. The van der Waals surface area contributed by atoms with Gasteiger partial charge >= 0.3 is 5.97 Å². The highest BCUT2D eigenvalue weighted by Crippen LogP contribution is 2.49. The maximum atomic E-state index is 13.4. The number of hydrogen-bond acceptors (Lipinski definition) is 3. The summed E-state index contributed by atoms with van der Waals surface area (Å²) in [5, 5.41) is 10.2.